The van der Waals surface area contributed by atoms with E-state index in [9.17, 15) is 5.11 Å². The molecule has 4 rings (SSSR count). The average Bonchev–Trinajstić information content (AvgIpc) is 3.57. The molecule has 1 aliphatic rings. The first-order valence-electron chi connectivity index (χ1n) is 11.9. The summed E-state index contributed by atoms with van der Waals surface area (Å²) >= 11 is 0. The molecule has 0 saturated heterocycles. The minimum absolute atomic E-state index is 0.368. The van der Waals surface area contributed by atoms with Gasteiger partial charge in [0.25, 0.3) is 0 Å². The van der Waals surface area contributed by atoms with E-state index in [4.69, 9.17) is 9.84 Å². The second-order valence-corrected chi connectivity index (χ2v) is 9.19. The van der Waals surface area contributed by atoms with Crippen LogP contribution < -0.4 is 4.74 Å². The van der Waals surface area contributed by atoms with Crippen LogP contribution in [0.1, 0.15) is 42.5 Å². The summed E-state index contributed by atoms with van der Waals surface area (Å²) in [5.41, 5.74) is 4.13. The van der Waals surface area contributed by atoms with Gasteiger partial charge < -0.3 is 9.84 Å². The van der Waals surface area contributed by atoms with Gasteiger partial charge in [0.15, 0.2) is 0 Å². The number of nitrogens with zero attached hydrogens (tertiary/aromatic N) is 3. The van der Waals surface area contributed by atoms with Crippen LogP contribution in [-0.2, 0) is 6.54 Å². The fraction of sp³-hybridized carbons (Fsp3) is 0.393. The number of aliphatic hydroxyl groups excluding tert-OH is 1. The molecule has 1 heterocycles. The molecule has 3 aromatic rings. The molecule has 1 atom stereocenters. The molecule has 1 fully saturated rings. The molecule has 2 aromatic carbocycles. The first kappa shape index (κ1) is 23.3. The van der Waals surface area contributed by atoms with Gasteiger partial charge in [0.2, 0.25) is 5.88 Å². The number of rotatable bonds is 12. The number of hydrogen-bond acceptors (Lipinski definition) is 4. The third kappa shape index (κ3) is 6.34. The van der Waals surface area contributed by atoms with Crippen LogP contribution in [0.25, 0.3) is 5.69 Å². The lowest BCUT2D eigenvalue weighted by molar-refractivity contribution is 0.0991. The largest absolute Gasteiger partial charge is 0.439 e. The number of hydrogen-bond donors (Lipinski definition) is 1. The summed E-state index contributed by atoms with van der Waals surface area (Å²) in [6.45, 7) is 10.2. The Bertz CT molecular complexity index is 1060. The van der Waals surface area contributed by atoms with Crippen molar-refractivity contribution in [3.8, 4) is 17.3 Å². The van der Waals surface area contributed by atoms with E-state index in [0.717, 1.165) is 59.4 Å². The van der Waals surface area contributed by atoms with Gasteiger partial charge in [-0.2, -0.15) is 5.10 Å². The number of para-hydroxylation sites is 1. The molecule has 5 heteroatoms. The Labute approximate surface area is 197 Å². The van der Waals surface area contributed by atoms with Crippen molar-refractivity contribution in [2.45, 2.75) is 52.2 Å². The van der Waals surface area contributed by atoms with Crippen LogP contribution in [0.2, 0.25) is 0 Å². The van der Waals surface area contributed by atoms with E-state index in [1.807, 2.05) is 66.2 Å². The molecule has 0 spiro atoms. The number of aromatic nitrogens is 2. The summed E-state index contributed by atoms with van der Waals surface area (Å²) in [7, 11) is 0. The summed E-state index contributed by atoms with van der Waals surface area (Å²) in [6.07, 6.45) is 5.61. The van der Waals surface area contributed by atoms with Crippen LogP contribution in [0.3, 0.4) is 0 Å². The number of aliphatic hydroxyl groups is 1. The molecule has 0 radical (unpaired) electrons. The SMILES string of the molecule is C=CCCC(O)CN(Cc1c(C)nn(-c2ccccc2)c1Oc1cccc(C)c1)CC1CC1. The minimum Gasteiger partial charge on any atom is -0.439 e. The molecule has 0 bridgehead atoms. The van der Waals surface area contributed by atoms with Crippen molar-refractivity contribution < 1.29 is 9.84 Å². The molecule has 5 nitrogen and oxygen atoms in total. The highest BCUT2D eigenvalue weighted by Gasteiger charge is 2.28. The van der Waals surface area contributed by atoms with Gasteiger partial charge in [-0.25, -0.2) is 4.68 Å². The van der Waals surface area contributed by atoms with E-state index in [1.54, 1.807) is 0 Å². The fourth-order valence-electron chi connectivity index (χ4n) is 4.15. The van der Waals surface area contributed by atoms with E-state index in [1.165, 1.54) is 12.8 Å². The average molecular weight is 446 g/mol. The molecule has 1 aromatic heterocycles. The van der Waals surface area contributed by atoms with E-state index < -0.39 is 0 Å². The number of allylic oxidation sites excluding steroid dienone is 1. The lowest BCUT2D eigenvalue weighted by Crippen LogP contribution is -2.34. The Balaban J connectivity index is 1.66. The number of benzene rings is 2. The first-order valence-corrected chi connectivity index (χ1v) is 11.9. The zero-order chi connectivity index (χ0) is 23.2. The zero-order valence-corrected chi connectivity index (χ0v) is 19.8. The lowest BCUT2D eigenvalue weighted by Gasteiger charge is -2.25. The van der Waals surface area contributed by atoms with Crippen LogP contribution in [-0.4, -0.2) is 39.0 Å². The summed E-state index contributed by atoms with van der Waals surface area (Å²) in [6, 6.07) is 18.2. The Morgan fingerprint density at radius 1 is 1.18 bits per heavy atom. The lowest BCUT2D eigenvalue weighted by atomic mass is 10.1. The van der Waals surface area contributed by atoms with Gasteiger partial charge in [-0.05, 0) is 75.3 Å². The quantitative estimate of drug-likeness (QED) is 0.357. The highest BCUT2D eigenvalue weighted by Crippen LogP contribution is 2.34. The van der Waals surface area contributed by atoms with Gasteiger partial charge in [0, 0.05) is 19.6 Å². The zero-order valence-electron chi connectivity index (χ0n) is 19.8. The maximum Gasteiger partial charge on any atom is 0.227 e. The van der Waals surface area contributed by atoms with Crippen LogP contribution in [0.4, 0.5) is 0 Å². The van der Waals surface area contributed by atoms with Crippen molar-refractivity contribution in [3.63, 3.8) is 0 Å². The molecule has 33 heavy (non-hydrogen) atoms. The van der Waals surface area contributed by atoms with Crippen LogP contribution >= 0.6 is 0 Å². The topological polar surface area (TPSA) is 50.5 Å². The second kappa shape index (κ2) is 10.8. The molecular weight excluding hydrogens is 410 g/mol. The predicted molar refractivity (Wildman–Crippen MR) is 133 cm³/mol. The van der Waals surface area contributed by atoms with Crippen molar-refractivity contribution in [2.24, 2.45) is 5.92 Å². The van der Waals surface area contributed by atoms with Crippen molar-refractivity contribution in [1.29, 1.82) is 0 Å². The summed E-state index contributed by atoms with van der Waals surface area (Å²) in [5.74, 6) is 2.26. The third-order valence-corrected chi connectivity index (χ3v) is 6.11. The maximum atomic E-state index is 10.6. The molecule has 1 N–H and O–H groups in total. The van der Waals surface area contributed by atoms with Crippen molar-refractivity contribution in [2.75, 3.05) is 13.1 Å². The molecular formula is C28H35N3O2. The normalized spacial score (nSPS) is 14.4. The summed E-state index contributed by atoms with van der Waals surface area (Å²) in [4.78, 5) is 2.37. The number of aryl methyl sites for hydroxylation is 2. The Hall–Kier alpha value is -2.89. The maximum absolute atomic E-state index is 10.6. The van der Waals surface area contributed by atoms with Crippen molar-refractivity contribution in [1.82, 2.24) is 14.7 Å². The van der Waals surface area contributed by atoms with Crippen LogP contribution in [0.5, 0.6) is 11.6 Å². The highest BCUT2D eigenvalue weighted by atomic mass is 16.5. The minimum atomic E-state index is -0.368. The Kier molecular flexibility index (Phi) is 7.63. The van der Waals surface area contributed by atoms with Gasteiger partial charge >= 0.3 is 0 Å². The van der Waals surface area contributed by atoms with Crippen LogP contribution in [0.15, 0.2) is 67.3 Å². The molecule has 1 saturated carbocycles. The van der Waals surface area contributed by atoms with E-state index in [-0.39, 0.29) is 6.10 Å². The van der Waals surface area contributed by atoms with Crippen LogP contribution in [0, 0.1) is 19.8 Å². The Morgan fingerprint density at radius 3 is 2.67 bits per heavy atom. The van der Waals surface area contributed by atoms with Gasteiger partial charge in [0.1, 0.15) is 5.75 Å². The van der Waals surface area contributed by atoms with Gasteiger partial charge in [-0.15, -0.1) is 6.58 Å². The highest BCUT2D eigenvalue weighted by molar-refractivity contribution is 5.43. The predicted octanol–water partition coefficient (Wildman–Crippen LogP) is 5.82. The van der Waals surface area contributed by atoms with E-state index in [2.05, 4.69) is 24.5 Å². The number of ether oxygens (including phenoxy) is 1. The summed E-state index contributed by atoms with van der Waals surface area (Å²) in [5, 5.41) is 15.5. The van der Waals surface area contributed by atoms with Gasteiger partial charge in [-0.1, -0.05) is 36.4 Å². The monoisotopic (exact) mass is 445 g/mol. The van der Waals surface area contributed by atoms with E-state index >= 15 is 0 Å². The van der Waals surface area contributed by atoms with E-state index in [0.29, 0.717) is 13.1 Å². The van der Waals surface area contributed by atoms with Crippen molar-refractivity contribution in [3.05, 3.63) is 84.1 Å². The first-order chi connectivity index (χ1) is 16.0. The summed E-state index contributed by atoms with van der Waals surface area (Å²) < 4.78 is 8.39. The molecule has 1 aliphatic carbocycles. The molecule has 0 amide bonds. The third-order valence-electron chi connectivity index (χ3n) is 6.11. The van der Waals surface area contributed by atoms with Gasteiger partial charge in [-0.3, -0.25) is 4.90 Å². The van der Waals surface area contributed by atoms with Crippen molar-refractivity contribution >= 4 is 0 Å². The molecule has 174 valence electrons. The standard InChI is InChI=1S/C28H35N3O2/c1-4-5-13-25(32)19-30(18-23-15-16-23)20-27-22(3)29-31(24-11-7-6-8-12-24)28(27)33-26-14-9-10-21(2)17-26/h4,6-12,14,17,23,25,32H,1,5,13,15-16,18-20H2,2-3H3. The Morgan fingerprint density at radius 2 is 1.97 bits per heavy atom. The smallest absolute Gasteiger partial charge is 0.227 e. The van der Waals surface area contributed by atoms with Gasteiger partial charge in [0.05, 0.1) is 23.0 Å². The molecule has 0 aliphatic heterocycles. The second-order valence-electron chi connectivity index (χ2n) is 9.19. The molecule has 1 unspecified atom stereocenters. The fourth-order valence-corrected chi connectivity index (χ4v) is 4.15.